The van der Waals surface area contributed by atoms with E-state index in [-0.39, 0.29) is 17.9 Å². The Labute approximate surface area is 209 Å². The van der Waals surface area contributed by atoms with Crippen LogP contribution in [0.3, 0.4) is 0 Å². The van der Waals surface area contributed by atoms with Gasteiger partial charge in [-0.1, -0.05) is 38.1 Å². The van der Waals surface area contributed by atoms with Gasteiger partial charge in [-0.2, -0.15) is 4.31 Å². The summed E-state index contributed by atoms with van der Waals surface area (Å²) < 4.78 is 33.3. The first-order chi connectivity index (χ1) is 15.8. The highest BCUT2D eigenvalue weighted by molar-refractivity contribution is 7.89. The Bertz CT molecular complexity index is 1080. The van der Waals surface area contributed by atoms with Crippen LogP contribution < -0.4 is 15.4 Å². The van der Waals surface area contributed by atoms with E-state index in [1.54, 1.807) is 23.5 Å². The van der Waals surface area contributed by atoms with Crippen LogP contribution in [0.5, 0.6) is 5.75 Å². The lowest BCUT2D eigenvalue weighted by atomic mass is 9.85. The Morgan fingerprint density at radius 2 is 1.74 bits per heavy atom. The summed E-state index contributed by atoms with van der Waals surface area (Å²) in [6, 6.07) is 15.3. The van der Waals surface area contributed by atoms with Crippen LogP contribution in [0.2, 0.25) is 0 Å². The molecule has 2 aliphatic heterocycles. The van der Waals surface area contributed by atoms with Crippen molar-refractivity contribution in [3.05, 3.63) is 59.7 Å². The van der Waals surface area contributed by atoms with Gasteiger partial charge in [0.25, 0.3) is 0 Å². The number of nitrogens with one attached hydrogen (secondary N) is 2. The van der Waals surface area contributed by atoms with Crippen LogP contribution in [-0.2, 0) is 16.6 Å². The molecule has 2 heterocycles. The number of benzene rings is 2. The van der Waals surface area contributed by atoms with Gasteiger partial charge in [0, 0.05) is 26.2 Å². The van der Waals surface area contributed by atoms with Crippen LogP contribution in [-0.4, -0.2) is 57.4 Å². The smallest absolute Gasteiger partial charge is 0.243 e. The molecule has 4 rings (SSSR count). The van der Waals surface area contributed by atoms with Crippen molar-refractivity contribution in [1.29, 1.82) is 0 Å². The predicted molar refractivity (Wildman–Crippen MR) is 139 cm³/mol. The van der Waals surface area contributed by atoms with E-state index in [0.717, 1.165) is 35.8 Å². The average Bonchev–Trinajstić information content (AvgIpc) is 2.84. The predicted octanol–water partition coefficient (Wildman–Crippen LogP) is 3.56. The van der Waals surface area contributed by atoms with Crippen molar-refractivity contribution < 1.29 is 13.2 Å². The highest BCUT2D eigenvalue weighted by atomic mass is 35.5. The topological polar surface area (TPSA) is 83.0 Å². The van der Waals surface area contributed by atoms with Crippen LogP contribution >= 0.6 is 12.4 Å². The molecule has 9 heteroatoms. The molecule has 34 heavy (non-hydrogen) atoms. The molecule has 0 aromatic heterocycles. The molecule has 1 spiro atoms. The Morgan fingerprint density at radius 3 is 2.32 bits per heavy atom. The fraction of sp³-hybridized carbons (Fsp3) is 0.480. The molecular formula is C25H35ClN4O3S. The molecule has 0 aliphatic carbocycles. The fourth-order valence-corrected chi connectivity index (χ4v) is 5.99. The lowest BCUT2D eigenvalue weighted by Gasteiger charge is -2.44. The number of hydrogen-bond donors (Lipinski definition) is 2. The van der Waals surface area contributed by atoms with Crippen molar-refractivity contribution in [2.75, 3.05) is 33.3 Å². The molecule has 2 aromatic rings. The maximum atomic E-state index is 13.2. The molecule has 1 fully saturated rings. The molecule has 0 unspecified atom stereocenters. The van der Waals surface area contributed by atoms with Gasteiger partial charge < -0.3 is 15.4 Å². The number of piperidine rings is 1. The van der Waals surface area contributed by atoms with Gasteiger partial charge >= 0.3 is 0 Å². The molecule has 2 N–H and O–H groups in total. The molecule has 0 atom stereocenters. The van der Waals surface area contributed by atoms with Crippen molar-refractivity contribution in [2.45, 2.75) is 49.6 Å². The van der Waals surface area contributed by atoms with E-state index < -0.39 is 10.0 Å². The second-order valence-electron chi connectivity index (χ2n) is 9.07. The Balaban J connectivity index is 0.00000324. The van der Waals surface area contributed by atoms with Gasteiger partial charge in [0.1, 0.15) is 11.6 Å². The van der Waals surface area contributed by atoms with Gasteiger partial charge in [0.15, 0.2) is 0 Å². The van der Waals surface area contributed by atoms with Crippen LogP contribution in [0.1, 0.15) is 43.7 Å². The zero-order chi connectivity index (χ0) is 23.5. The minimum absolute atomic E-state index is 0. The molecule has 2 aromatic carbocycles. The van der Waals surface area contributed by atoms with Gasteiger partial charge in [-0.15, -0.1) is 12.4 Å². The maximum Gasteiger partial charge on any atom is 0.243 e. The van der Waals surface area contributed by atoms with Crippen LogP contribution in [0, 0.1) is 0 Å². The lowest BCUT2D eigenvalue weighted by Crippen LogP contribution is -2.64. The second kappa shape index (κ2) is 11.1. The first-order valence-corrected chi connectivity index (χ1v) is 13.0. The number of amidine groups is 1. The summed E-state index contributed by atoms with van der Waals surface area (Å²) in [6.45, 7) is 7.32. The normalized spacial score (nSPS) is 18.3. The minimum atomic E-state index is -3.51. The Hall–Kier alpha value is -2.13. The van der Waals surface area contributed by atoms with Crippen molar-refractivity contribution >= 4 is 28.3 Å². The first kappa shape index (κ1) is 26.5. The maximum absolute atomic E-state index is 13.2. The summed E-state index contributed by atoms with van der Waals surface area (Å²) in [5, 5.41) is 7.15. The largest absolute Gasteiger partial charge is 0.497 e. The summed E-state index contributed by atoms with van der Waals surface area (Å²) in [5.41, 5.74) is 1.98. The van der Waals surface area contributed by atoms with Gasteiger partial charge in [-0.05, 0) is 54.2 Å². The van der Waals surface area contributed by atoms with Gasteiger partial charge in [0.2, 0.25) is 10.0 Å². The molecule has 0 radical (unpaired) electrons. The zero-order valence-corrected chi connectivity index (χ0v) is 21.7. The van der Waals surface area contributed by atoms with Gasteiger partial charge in [-0.3, -0.25) is 4.99 Å². The molecule has 0 bridgehead atoms. The number of nitrogens with zero attached hydrogens (tertiary/aromatic N) is 2. The summed E-state index contributed by atoms with van der Waals surface area (Å²) in [7, 11) is -1.85. The Morgan fingerprint density at radius 1 is 1.09 bits per heavy atom. The van der Waals surface area contributed by atoms with E-state index in [9.17, 15) is 8.42 Å². The van der Waals surface area contributed by atoms with E-state index in [1.165, 1.54) is 0 Å². The quantitative estimate of drug-likeness (QED) is 0.626. The third-order valence-electron chi connectivity index (χ3n) is 6.68. The SMILES string of the molecule is COc1ccc(CNC2=NCCNC23CCN(S(=O)(=O)c2ccc(C(C)C)cc2)CC3)cc1.Cl. The first-order valence-electron chi connectivity index (χ1n) is 11.6. The number of methoxy groups -OCH3 is 1. The number of halogens is 1. The second-order valence-corrected chi connectivity index (χ2v) is 11.0. The number of rotatable bonds is 6. The summed E-state index contributed by atoms with van der Waals surface area (Å²) in [5.74, 6) is 2.14. The third kappa shape index (κ3) is 5.57. The van der Waals surface area contributed by atoms with Gasteiger partial charge in [-0.25, -0.2) is 8.42 Å². The van der Waals surface area contributed by atoms with Gasteiger partial charge in [0.05, 0.1) is 24.1 Å². The van der Waals surface area contributed by atoms with Crippen molar-refractivity contribution in [3.8, 4) is 5.75 Å². The van der Waals surface area contributed by atoms with E-state index in [2.05, 4.69) is 24.5 Å². The van der Waals surface area contributed by atoms with Crippen LogP contribution in [0.4, 0.5) is 0 Å². The molecule has 7 nitrogen and oxygen atoms in total. The lowest BCUT2D eigenvalue weighted by molar-refractivity contribution is 0.241. The number of sulfonamides is 1. The fourth-order valence-electron chi connectivity index (χ4n) is 4.55. The van der Waals surface area contributed by atoms with Crippen LogP contribution in [0.25, 0.3) is 0 Å². The van der Waals surface area contributed by atoms with E-state index >= 15 is 0 Å². The highest BCUT2D eigenvalue weighted by Gasteiger charge is 2.43. The summed E-state index contributed by atoms with van der Waals surface area (Å²) in [4.78, 5) is 5.14. The van der Waals surface area contributed by atoms with Crippen molar-refractivity contribution in [2.24, 2.45) is 4.99 Å². The molecule has 1 saturated heterocycles. The Kier molecular flexibility index (Phi) is 8.62. The van der Waals surface area contributed by atoms with Crippen molar-refractivity contribution in [3.63, 3.8) is 0 Å². The van der Waals surface area contributed by atoms with E-state index in [1.807, 2.05) is 36.4 Å². The molecule has 186 valence electrons. The molecule has 0 saturated carbocycles. The highest BCUT2D eigenvalue weighted by Crippen LogP contribution is 2.29. The summed E-state index contributed by atoms with van der Waals surface area (Å²) >= 11 is 0. The summed E-state index contributed by atoms with van der Waals surface area (Å²) in [6.07, 6.45) is 1.37. The van der Waals surface area contributed by atoms with Crippen LogP contribution in [0.15, 0.2) is 58.4 Å². The number of hydrogen-bond acceptors (Lipinski definition) is 6. The molecular weight excluding hydrogens is 472 g/mol. The van der Waals surface area contributed by atoms with E-state index in [4.69, 9.17) is 9.73 Å². The molecule has 0 amide bonds. The average molecular weight is 507 g/mol. The standard InChI is InChI=1S/C25H34N4O3S.ClH/c1-19(2)21-6-10-23(11-7-21)33(30,31)29-16-12-25(13-17-29)24(26-14-15-28-25)27-18-20-4-8-22(32-3)9-5-20;/h4-11,19,28H,12-18H2,1-3H3,(H,26,27);1H. The molecule has 2 aliphatic rings. The van der Waals surface area contributed by atoms with E-state index in [0.29, 0.717) is 43.3 Å². The van der Waals surface area contributed by atoms with Crippen molar-refractivity contribution in [1.82, 2.24) is 14.9 Å². The number of ether oxygens (including phenoxy) is 1. The monoisotopic (exact) mass is 506 g/mol. The number of aliphatic imine (C=N–C) groups is 1. The zero-order valence-electron chi connectivity index (χ0n) is 20.1. The minimum Gasteiger partial charge on any atom is -0.497 e. The third-order valence-corrected chi connectivity index (χ3v) is 8.59.